The van der Waals surface area contributed by atoms with Gasteiger partial charge in [0.1, 0.15) is 5.75 Å². The Hall–Kier alpha value is -1.69. The van der Waals surface area contributed by atoms with Crippen molar-refractivity contribution in [2.75, 3.05) is 12.9 Å². The van der Waals surface area contributed by atoms with E-state index in [4.69, 9.17) is 9.84 Å². The van der Waals surface area contributed by atoms with Gasteiger partial charge >= 0.3 is 5.97 Å². The van der Waals surface area contributed by atoms with Crippen molar-refractivity contribution in [1.82, 2.24) is 5.32 Å². The molecule has 0 aliphatic rings. The van der Waals surface area contributed by atoms with Gasteiger partial charge in [-0.3, -0.25) is 9.59 Å². The fourth-order valence-corrected chi connectivity index (χ4v) is 2.87. The molecule has 1 atom stereocenters. The quantitative estimate of drug-likeness (QED) is 0.676. The minimum absolute atomic E-state index is 0.0387. The summed E-state index contributed by atoms with van der Waals surface area (Å²) in [6, 6.07) is 7.66. The van der Waals surface area contributed by atoms with Crippen LogP contribution in [0.15, 0.2) is 29.2 Å². The van der Waals surface area contributed by atoms with E-state index in [1.807, 2.05) is 38.1 Å². The predicted molar refractivity (Wildman–Crippen MR) is 92.0 cm³/mol. The van der Waals surface area contributed by atoms with E-state index in [9.17, 15) is 9.59 Å². The van der Waals surface area contributed by atoms with Gasteiger partial charge in [0.05, 0.1) is 13.5 Å². The summed E-state index contributed by atoms with van der Waals surface area (Å²) in [6.45, 7) is 5.60. The molecule has 0 aliphatic heterocycles. The summed E-state index contributed by atoms with van der Waals surface area (Å²) in [5.41, 5.74) is -0.728. The highest BCUT2D eigenvalue weighted by Crippen LogP contribution is 2.23. The monoisotopic (exact) mass is 339 g/mol. The van der Waals surface area contributed by atoms with Crippen LogP contribution >= 0.6 is 11.8 Å². The summed E-state index contributed by atoms with van der Waals surface area (Å²) in [5, 5.41) is 11.9. The second kappa shape index (κ2) is 8.82. The van der Waals surface area contributed by atoms with Gasteiger partial charge in [-0.25, -0.2) is 0 Å². The summed E-state index contributed by atoms with van der Waals surface area (Å²) in [6.07, 6.45) is 0.265. The van der Waals surface area contributed by atoms with Crippen molar-refractivity contribution in [1.29, 1.82) is 0 Å². The fraction of sp³-hybridized carbons (Fsp3) is 0.529. The first-order valence-corrected chi connectivity index (χ1v) is 8.55. The summed E-state index contributed by atoms with van der Waals surface area (Å²) in [4.78, 5) is 24.1. The zero-order valence-corrected chi connectivity index (χ0v) is 14.9. The Balaban J connectivity index is 2.47. The van der Waals surface area contributed by atoms with E-state index in [1.165, 1.54) is 0 Å². The van der Waals surface area contributed by atoms with E-state index in [-0.39, 0.29) is 18.2 Å². The highest BCUT2D eigenvalue weighted by Gasteiger charge is 2.32. The second-order valence-electron chi connectivity index (χ2n) is 5.96. The Morgan fingerprint density at radius 2 is 1.91 bits per heavy atom. The summed E-state index contributed by atoms with van der Waals surface area (Å²) >= 11 is 1.58. The van der Waals surface area contributed by atoms with Crippen LogP contribution in [0.2, 0.25) is 0 Å². The van der Waals surface area contributed by atoms with E-state index in [0.29, 0.717) is 12.2 Å². The highest BCUT2D eigenvalue weighted by atomic mass is 32.2. The predicted octanol–water partition coefficient (Wildman–Crippen LogP) is 3.18. The van der Waals surface area contributed by atoms with Gasteiger partial charge in [0.25, 0.3) is 0 Å². The van der Waals surface area contributed by atoms with E-state index in [1.54, 1.807) is 25.8 Å². The number of amides is 1. The Labute approximate surface area is 141 Å². The van der Waals surface area contributed by atoms with Crippen molar-refractivity contribution in [3.05, 3.63) is 24.3 Å². The van der Waals surface area contributed by atoms with Gasteiger partial charge in [0.15, 0.2) is 0 Å². The molecule has 5 nitrogen and oxygen atoms in total. The van der Waals surface area contributed by atoms with Gasteiger partial charge in [-0.15, -0.1) is 11.8 Å². The molecular formula is C17H25NO4S. The number of aliphatic carboxylic acids is 1. The summed E-state index contributed by atoms with van der Waals surface area (Å²) < 4.78 is 5.10. The number of ether oxygens (including phenoxy) is 1. The molecule has 1 aromatic carbocycles. The normalized spacial score (nSPS) is 13.4. The van der Waals surface area contributed by atoms with Crippen LogP contribution in [0, 0.1) is 5.92 Å². The minimum atomic E-state index is -0.908. The number of carboxylic acids is 1. The molecule has 128 valence electrons. The van der Waals surface area contributed by atoms with Crippen molar-refractivity contribution in [2.45, 2.75) is 44.0 Å². The number of carbonyl (C=O) groups is 2. The van der Waals surface area contributed by atoms with Crippen molar-refractivity contribution < 1.29 is 19.4 Å². The number of methoxy groups -OCH3 is 1. The van der Waals surface area contributed by atoms with E-state index in [2.05, 4.69) is 5.32 Å². The molecule has 23 heavy (non-hydrogen) atoms. The lowest BCUT2D eigenvalue weighted by molar-refractivity contribution is -0.139. The number of thioether (sulfide) groups is 1. The molecule has 2 N–H and O–H groups in total. The third-order valence-corrected chi connectivity index (χ3v) is 4.89. The Bertz CT molecular complexity index is 530. The number of carboxylic acid groups (broad SMARTS) is 1. The van der Waals surface area contributed by atoms with Gasteiger partial charge < -0.3 is 15.2 Å². The summed E-state index contributed by atoms with van der Waals surface area (Å²) in [5.74, 6) is 0.446. The van der Waals surface area contributed by atoms with Crippen LogP contribution in [-0.2, 0) is 9.59 Å². The van der Waals surface area contributed by atoms with Crippen molar-refractivity contribution >= 4 is 23.6 Å². The number of benzene rings is 1. The van der Waals surface area contributed by atoms with Crippen molar-refractivity contribution in [2.24, 2.45) is 5.92 Å². The molecule has 0 bridgehead atoms. The zero-order chi connectivity index (χ0) is 17.5. The lowest BCUT2D eigenvalue weighted by atomic mass is 9.85. The van der Waals surface area contributed by atoms with Gasteiger partial charge in [0, 0.05) is 22.6 Å². The molecule has 1 amide bonds. The first-order valence-electron chi connectivity index (χ1n) is 7.56. The van der Waals surface area contributed by atoms with E-state index >= 15 is 0 Å². The van der Waals surface area contributed by atoms with E-state index in [0.717, 1.165) is 10.6 Å². The van der Waals surface area contributed by atoms with Crippen LogP contribution < -0.4 is 10.1 Å². The molecule has 0 heterocycles. The number of rotatable bonds is 9. The zero-order valence-electron chi connectivity index (χ0n) is 14.1. The molecular weight excluding hydrogens is 314 g/mol. The Kier molecular flexibility index (Phi) is 7.42. The van der Waals surface area contributed by atoms with Crippen LogP contribution in [0.3, 0.4) is 0 Å². The summed E-state index contributed by atoms with van der Waals surface area (Å²) in [7, 11) is 1.62. The van der Waals surface area contributed by atoms with Crippen LogP contribution in [-0.4, -0.2) is 35.4 Å². The smallest absolute Gasteiger partial charge is 0.305 e. The molecule has 0 aliphatic carbocycles. The molecule has 0 saturated carbocycles. The van der Waals surface area contributed by atoms with Crippen LogP contribution in [0.5, 0.6) is 5.75 Å². The van der Waals surface area contributed by atoms with Gasteiger partial charge in [0.2, 0.25) is 5.91 Å². The number of hydrogen-bond donors (Lipinski definition) is 2. The Morgan fingerprint density at radius 1 is 1.30 bits per heavy atom. The first kappa shape index (κ1) is 19.4. The number of carbonyl (C=O) groups excluding carboxylic acids is 1. The van der Waals surface area contributed by atoms with Gasteiger partial charge in [-0.05, 0) is 37.1 Å². The standard InChI is InChI=1S/C17H25NO4S/c1-12(2)17(3,11-16(20)21)18-15(19)9-10-23-14-7-5-13(22-4)6-8-14/h5-8,12H,9-11H2,1-4H3,(H,18,19)(H,20,21). The topological polar surface area (TPSA) is 75.6 Å². The third-order valence-electron chi connectivity index (χ3n) is 3.87. The number of nitrogens with one attached hydrogen (secondary N) is 1. The third kappa shape index (κ3) is 6.52. The van der Waals surface area contributed by atoms with Crippen LogP contribution in [0.1, 0.15) is 33.6 Å². The maximum atomic E-state index is 12.1. The Morgan fingerprint density at radius 3 is 2.39 bits per heavy atom. The van der Waals surface area contributed by atoms with Crippen molar-refractivity contribution in [3.8, 4) is 5.75 Å². The molecule has 0 radical (unpaired) electrons. The average Bonchev–Trinajstić information content (AvgIpc) is 2.46. The van der Waals surface area contributed by atoms with Gasteiger partial charge in [-0.1, -0.05) is 13.8 Å². The molecule has 1 aromatic rings. The molecule has 0 saturated heterocycles. The molecule has 0 fully saturated rings. The maximum absolute atomic E-state index is 12.1. The molecule has 6 heteroatoms. The molecule has 0 aromatic heterocycles. The minimum Gasteiger partial charge on any atom is -0.497 e. The molecule has 1 unspecified atom stereocenters. The average molecular weight is 339 g/mol. The lowest BCUT2D eigenvalue weighted by Crippen LogP contribution is -2.51. The first-order chi connectivity index (χ1) is 10.8. The number of hydrogen-bond acceptors (Lipinski definition) is 4. The fourth-order valence-electron chi connectivity index (χ4n) is 2.02. The van der Waals surface area contributed by atoms with Crippen molar-refractivity contribution in [3.63, 3.8) is 0 Å². The van der Waals surface area contributed by atoms with Crippen LogP contribution in [0.25, 0.3) is 0 Å². The van der Waals surface area contributed by atoms with Crippen LogP contribution in [0.4, 0.5) is 0 Å². The second-order valence-corrected chi connectivity index (χ2v) is 7.13. The van der Waals surface area contributed by atoms with E-state index < -0.39 is 11.5 Å². The highest BCUT2D eigenvalue weighted by molar-refractivity contribution is 7.99. The SMILES string of the molecule is COc1ccc(SCCC(=O)NC(C)(CC(=O)O)C(C)C)cc1. The molecule has 1 rings (SSSR count). The van der Waals surface area contributed by atoms with Gasteiger partial charge in [-0.2, -0.15) is 0 Å². The maximum Gasteiger partial charge on any atom is 0.305 e. The molecule has 0 spiro atoms. The largest absolute Gasteiger partial charge is 0.497 e. The lowest BCUT2D eigenvalue weighted by Gasteiger charge is -2.33.